The number of nitrogens with one attached hydrogen (secondary N) is 1. The molecule has 3 aromatic carbocycles. The van der Waals surface area contributed by atoms with Crippen molar-refractivity contribution in [3.05, 3.63) is 71.3 Å². The summed E-state index contributed by atoms with van der Waals surface area (Å²) < 4.78 is 39.2. The van der Waals surface area contributed by atoms with E-state index in [0.29, 0.717) is 11.4 Å². The van der Waals surface area contributed by atoms with Gasteiger partial charge in [-0.1, -0.05) is 36.8 Å². The Balaban J connectivity index is 1.73. The number of hydrogen-bond donors (Lipinski definition) is 2. The number of benzene rings is 3. The van der Waals surface area contributed by atoms with Crippen LogP contribution in [-0.4, -0.2) is 23.1 Å². The molecule has 0 aliphatic carbocycles. The van der Waals surface area contributed by atoms with E-state index in [-0.39, 0.29) is 0 Å². The molecule has 2 N–H and O–H groups in total. The van der Waals surface area contributed by atoms with Crippen LogP contribution < -0.4 is 5.32 Å². The Bertz CT molecular complexity index is 1040. The second kappa shape index (κ2) is 8.28. The number of aliphatic hydroxyl groups is 1. The van der Waals surface area contributed by atoms with E-state index in [9.17, 15) is 18.3 Å². The van der Waals surface area contributed by atoms with Crippen LogP contribution in [-0.2, 0) is 6.18 Å². The zero-order valence-electron chi connectivity index (χ0n) is 16.8. The predicted octanol–water partition coefficient (Wildman–Crippen LogP) is 6.39. The van der Waals surface area contributed by atoms with Crippen molar-refractivity contribution in [2.45, 2.75) is 38.6 Å². The van der Waals surface area contributed by atoms with Crippen LogP contribution in [0.15, 0.2) is 54.6 Å². The molecule has 158 valence electrons. The van der Waals surface area contributed by atoms with E-state index in [1.807, 2.05) is 37.3 Å². The van der Waals surface area contributed by atoms with E-state index in [1.165, 1.54) is 12.5 Å². The molecule has 30 heavy (non-hydrogen) atoms. The first-order valence-electron chi connectivity index (χ1n) is 10.2. The molecule has 1 aliphatic heterocycles. The highest BCUT2D eigenvalue weighted by Gasteiger charge is 2.30. The van der Waals surface area contributed by atoms with Gasteiger partial charge in [-0.2, -0.15) is 13.2 Å². The SMILES string of the molecule is Cc1cccc2c(Nc3cccc(C(F)(F)F)c3)ccc(C(O)N3CCCCC3)c12. The number of piperidine rings is 1. The molecule has 1 atom stereocenters. The molecule has 1 unspecified atom stereocenters. The monoisotopic (exact) mass is 414 g/mol. The first kappa shape index (κ1) is 20.7. The molecule has 1 saturated heterocycles. The molecule has 0 bridgehead atoms. The summed E-state index contributed by atoms with van der Waals surface area (Å²) in [6.45, 7) is 3.71. The van der Waals surface area contributed by atoms with Crippen LogP contribution in [0.1, 0.15) is 42.2 Å². The Morgan fingerprint density at radius 2 is 1.70 bits per heavy atom. The molecule has 1 fully saturated rings. The van der Waals surface area contributed by atoms with Crippen LogP contribution in [0.4, 0.5) is 24.5 Å². The highest BCUT2D eigenvalue weighted by Crippen LogP contribution is 2.37. The van der Waals surface area contributed by atoms with Gasteiger partial charge in [-0.25, -0.2) is 0 Å². The fourth-order valence-electron chi connectivity index (χ4n) is 4.23. The molecule has 0 saturated carbocycles. The smallest absolute Gasteiger partial charge is 0.374 e. The highest BCUT2D eigenvalue weighted by molar-refractivity contribution is 5.99. The van der Waals surface area contributed by atoms with Crippen molar-refractivity contribution < 1.29 is 18.3 Å². The van der Waals surface area contributed by atoms with Crippen LogP contribution in [0.5, 0.6) is 0 Å². The van der Waals surface area contributed by atoms with Gasteiger partial charge in [-0.15, -0.1) is 0 Å². The normalized spacial score (nSPS) is 16.6. The summed E-state index contributed by atoms with van der Waals surface area (Å²) in [6.07, 6.45) is -1.76. The Labute approximate surface area is 174 Å². The minimum absolute atomic E-state index is 0.372. The lowest BCUT2D eigenvalue weighted by atomic mass is 9.96. The van der Waals surface area contributed by atoms with Gasteiger partial charge in [-0.05, 0) is 55.0 Å². The average molecular weight is 414 g/mol. The molecular formula is C24H25F3N2O. The fourth-order valence-corrected chi connectivity index (χ4v) is 4.23. The minimum atomic E-state index is -4.39. The van der Waals surface area contributed by atoms with Gasteiger partial charge in [0.1, 0.15) is 6.23 Å². The van der Waals surface area contributed by atoms with Gasteiger partial charge in [0.05, 0.1) is 5.56 Å². The van der Waals surface area contributed by atoms with Crippen molar-refractivity contribution in [2.75, 3.05) is 18.4 Å². The van der Waals surface area contributed by atoms with Crippen molar-refractivity contribution in [1.82, 2.24) is 4.90 Å². The summed E-state index contributed by atoms with van der Waals surface area (Å²) >= 11 is 0. The standard InChI is InChI=1S/C24H25F3N2O/c1-16-7-5-10-19-21(28-18-9-6-8-17(15-18)24(25,26)27)12-11-20(22(16)19)23(30)29-13-3-2-4-14-29/h5-12,15,23,28,30H,2-4,13-14H2,1H3. The molecule has 0 amide bonds. The van der Waals surface area contributed by atoms with Crippen molar-refractivity contribution >= 4 is 22.1 Å². The summed E-state index contributed by atoms with van der Waals surface area (Å²) in [5.41, 5.74) is 2.25. The zero-order chi connectivity index (χ0) is 21.3. The van der Waals surface area contributed by atoms with Gasteiger partial charge in [0, 0.05) is 35.4 Å². The average Bonchev–Trinajstić information content (AvgIpc) is 2.74. The molecule has 0 aromatic heterocycles. The van der Waals surface area contributed by atoms with Crippen LogP contribution in [0.25, 0.3) is 10.8 Å². The molecule has 3 nitrogen and oxygen atoms in total. The zero-order valence-corrected chi connectivity index (χ0v) is 16.8. The third-order valence-electron chi connectivity index (χ3n) is 5.76. The summed E-state index contributed by atoms with van der Waals surface area (Å²) in [5.74, 6) is 0. The minimum Gasteiger partial charge on any atom is -0.374 e. The van der Waals surface area contributed by atoms with E-state index in [4.69, 9.17) is 0 Å². The van der Waals surface area contributed by atoms with Crippen LogP contribution in [0.3, 0.4) is 0 Å². The number of anilines is 2. The Kier molecular flexibility index (Phi) is 5.71. The lowest BCUT2D eigenvalue weighted by Gasteiger charge is -2.32. The van der Waals surface area contributed by atoms with Crippen LogP contribution >= 0.6 is 0 Å². The third kappa shape index (κ3) is 4.16. The number of halogens is 3. The van der Waals surface area contributed by atoms with Gasteiger partial charge in [0.25, 0.3) is 0 Å². The van der Waals surface area contributed by atoms with E-state index in [1.54, 1.807) is 6.07 Å². The molecule has 0 radical (unpaired) electrons. The van der Waals surface area contributed by atoms with Gasteiger partial charge < -0.3 is 10.4 Å². The van der Waals surface area contributed by atoms with Gasteiger partial charge in [0.2, 0.25) is 0 Å². The number of likely N-dealkylation sites (tertiary alicyclic amines) is 1. The van der Waals surface area contributed by atoms with Crippen molar-refractivity contribution in [3.8, 4) is 0 Å². The molecule has 3 aromatic rings. The van der Waals surface area contributed by atoms with E-state index in [2.05, 4.69) is 10.2 Å². The van der Waals surface area contributed by atoms with Crippen molar-refractivity contribution in [3.63, 3.8) is 0 Å². The predicted molar refractivity (Wildman–Crippen MR) is 114 cm³/mol. The van der Waals surface area contributed by atoms with Crippen LogP contribution in [0, 0.1) is 6.92 Å². The Hall–Kier alpha value is -2.57. The lowest BCUT2D eigenvalue weighted by molar-refractivity contribution is -0.137. The lowest BCUT2D eigenvalue weighted by Crippen LogP contribution is -2.33. The molecule has 0 spiro atoms. The third-order valence-corrected chi connectivity index (χ3v) is 5.76. The fraction of sp³-hybridized carbons (Fsp3) is 0.333. The molecule has 1 heterocycles. The largest absolute Gasteiger partial charge is 0.416 e. The van der Waals surface area contributed by atoms with Crippen molar-refractivity contribution in [2.24, 2.45) is 0 Å². The number of fused-ring (bicyclic) bond motifs is 1. The van der Waals surface area contributed by atoms with Gasteiger partial charge in [-0.3, -0.25) is 4.90 Å². The Morgan fingerprint density at radius 3 is 2.43 bits per heavy atom. The highest BCUT2D eigenvalue weighted by atomic mass is 19.4. The van der Waals surface area contributed by atoms with Gasteiger partial charge in [0.15, 0.2) is 0 Å². The maximum absolute atomic E-state index is 13.1. The maximum Gasteiger partial charge on any atom is 0.416 e. The molecular weight excluding hydrogens is 389 g/mol. The summed E-state index contributed by atoms with van der Waals surface area (Å²) in [6, 6.07) is 14.7. The molecule has 4 rings (SSSR count). The molecule has 1 aliphatic rings. The topological polar surface area (TPSA) is 35.5 Å². The summed E-state index contributed by atoms with van der Waals surface area (Å²) in [4.78, 5) is 2.09. The van der Waals surface area contributed by atoms with Crippen LogP contribution in [0.2, 0.25) is 0 Å². The second-order valence-electron chi connectivity index (χ2n) is 7.87. The number of aryl methyl sites for hydroxylation is 1. The van der Waals surface area contributed by atoms with E-state index >= 15 is 0 Å². The first-order valence-corrected chi connectivity index (χ1v) is 10.2. The van der Waals surface area contributed by atoms with Crippen molar-refractivity contribution in [1.29, 1.82) is 0 Å². The summed E-state index contributed by atoms with van der Waals surface area (Å²) in [7, 11) is 0. The second-order valence-corrected chi connectivity index (χ2v) is 7.87. The van der Waals surface area contributed by atoms with Gasteiger partial charge >= 0.3 is 6.18 Å². The summed E-state index contributed by atoms with van der Waals surface area (Å²) in [5, 5.41) is 16.0. The quantitative estimate of drug-likeness (QED) is 0.519. The van der Waals surface area contributed by atoms with E-state index in [0.717, 1.165) is 60.0 Å². The number of alkyl halides is 3. The number of rotatable bonds is 4. The molecule has 6 heteroatoms. The number of aliphatic hydroxyl groups excluding tert-OH is 1. The van der Waals surface area contributed by atoms with E-state index < -0.39 is 18.0 Å². The Morgan fingerprint density at radius 1 is 0.967 bits per heavy atom. The first-order chi connectivity index (χ1) is 14.3. The number of hydrogen-bond acceptors (Lipinski definition) is 3. The maximum atomic E-state index is 13.1. The number of nitrogens with zero attached hydrogens (tertiary/aromatic N) is 1.